The van der Waals surface area contributed by atoms with E-state index in [1.54, 1.807) is 20.3 Å². The van der Waals surface area contributed by atoms with Crippen LogP contribution in [0, 0.1) is 0 Å². The number of rotatable bonds is 3. The van der Waals surface area contributed by atoms with E-state index in [1.165, 1.54) is 11.3 Å². The predicted molar refractivity (Wildman–Crippen MR) is 65.1 cm³/mol. The Kier molecular flexibility index (Phi) is 3.03. The van der Waals surface area contributed by atoms with Crippen LogP contribution in [0.3, 0.4) is 0 Å². The zero-order valence-electron chi connectivity index (χ0n) is 8.74. The fraction of sp³-hybridized carbons (Fsp3) is 0.182. The minimum atomic E-state index is -0.445. The molecule has 1 aromatic carbocycles. The molecule has 2 aromatic rings. The Morgan fingerprint density at radius 3 is 2.38 bits per heavy atom. The standard InChI is InChI=1S/C11H9ClO3S/c1-14-7-3-6-4-10(11(12)13)16-9(6)5-8(7)15-2/h3-5H,1-2H3. The number of carbonyl (C=O) groups is 1. The molecule has 1 aromatic heterocycles. The van der Waals surface area contributed by atoms with Crippen molar-refractivity contribution in [2.24, 2.45) is 0 Å². The highest BCUT2D eigenvalue weighted by molar-refractivity contribution is 7.22. The van der Waals surface area contributed by atoms with E-state index in [2.05, 4.69) is 0 Å². The van der Waals surface area contributed by atoms with Crippen LogP contribution in [0.15, 0.2) is 18.2 Å². The van der Waals surface area contributed by atoms with Gasteiger partial charge in [-0.3, -0.25) is 4.79 Å². The van der Waals surface area contributed by atoms with E-state index in [9.17, 15) is 4.79 Å². The Hall–Kier alpha value is -1.26. The first-order valence-electron chi connectivity index (χ1n) is 4.51. The molecule has 0 aliphatic rings. The molecule has 3 nitrogen and oxygen atoms in total. The summed E-state index contributed by atoms with van der Waals surface area (Å²) < 4.78 is 11.3. The summed E-state index contributed by atoms with van der Waals surface area (Å²) in [5, 5.41) is 0.478. The van der Waals surface area contributed by atoms with Gasteiger partial charge < -0.3 is 9.47 Å². The summed E-state index contributed by atoms with van der Waals surface area (Å²) in [6.07, 6.45) is 0. The largest absolute Gasteiger partial charge is 0.493 e. The minimum Gasteiger partial charge on any atom is -0.493 e. The maximum absolute atomic E-state index is 11.0. The summed E-state index contributed by atoms with van der Waals surface area (Å²) in [6, 6.07) is 5.41. The molecule has 0 fully saturated rings. The van der Waals surface area contributed by atoms with Gasteiger partial charge in [0.2, 0.25) is 0 Å². The number of methoxy groups -OCH3 is 2. The first kappa shape index (κ1) is 11.2. The van der Waals surface area contributed by atoms with E-state index >= 15 is 0 Å². The Labute approximate surface area is 102 Å². The second-order valence-electron chi connectivity index (χ2n) is 3.13. The van der Waals surface area contributed by atoms with Gasteiger partial charge in [-0.2, -0.15) is 0 Å². The molecule has 16 heavy (non-hydrogen) atoms. The average Bonchev–Trinajstić information content (AvgIpc) is 2.69. The van der Waals surface area contributed by atoms with Crippen LogP contribution in [-0.4, -0.2) is 19.5 Å². The van der Waals surface area contributed by atoms with Crippen molar-refractivity contribution in [3.8, 4) is 11.5 Å². The lowest BCUT2D eigenvalue weighted by molar-refractivity contribution is 0.108. The number of hydrogen-bond donors (Lipinski definition) is 0. The van der Waals surface area contributed by atoms with Crippen molar-refractivity contribution in [1.29, 1.82) is 0 Å². The Bertz CT molecular complexity index is 506. The van der Waals surface area contributed by atoms with Gasteiger partial charge in [-0.05, 0) is 29.1 Å². The summed E-state index contributed by atoms with van der Waals surface area (Å²) in [4.78, 5) is 11.6. The fourth-order valence-corrected chi connectivity index (χ4v) is 2.54. The number of thiophene rings is 1. The number of benzene rings is 1. The van der Waals surface area contributed by atoms with Crippen molar-refractivity contribution in [1.82, 2.24) is 0 Å². The molecule has 0 aliphatic carbocycles. The molecule has 0 bridgehead atoms. The topological polar surface area (TPSA) is 35.5 Å². The molecule has 0 spiro atoms. The van der Waals surface area contributed by atoms with Gasteiger partial charge in [0.15, 0.2) is 11.5 Å². The molecule has 1 heterocycles. The Balaban J connectivity index is 2.64. The van der Waals surface area contributed by atoms with E-state index in [0.29, 0.717) is 16.4 Å². The van der Waals surface area contributed by atoms with Crippen LogP contribution < -0.4 is 9.47 Å². The van der Waals surface area contributed by atoms with Gasteiger partial charge >= 0.3 is 0 Å². The zero-order valence-corrected chi connectivity index (χ0v) is 10.3. The van der Waals surface area contributed by atoms with E-state index < -0.39 is 5.24 Å². The number of fused-ring (bicyclic) bond motifs is 1. The van der Waals surface area contributed by atoms with Crippen molar-refractivity contribution in [3.63, 3.8) is 0 Å². The van der Waals surface area contributed by atoms with E-state index in [0.717, 1.165) is 10.1 Å². The normalized spacial score (nSPS) is 10.4. The molecule has 0 unspecified atom stereocenters. The molecular formula is C11H9ClO3S. The monoisotopic (exact) mass is 256 g/mol. The van der Waals surface area contributed by atoms with Crippen molar-refractivity contribution in [3.05, 3.63) is 23.1 Å². The SMILES string of the molecule is COc1cc2cc(C(=O)Cl)sc2cc1OC. The van der Waals surface area contributed by atoms with Crippen molar-refractivity contribution >= 4 is 38.3 Å². The predicted octanol–water partition coefficient (Wildman–Crippen LogP) is 3.30. The van der Waals surface area contributed by atoms with Crippen LogP contribution in [0.5, 0.6) is 11.5 Å². The molecule has 84 valence electrons. The fourth-order valence-electron chi connectivity index (χ4n) is 1.46. The molecule has 0 atom stereocenters. The molecule has 0 aliphatic heterocycles. The van der Waals surface area contributed by atoms with Crippen LogP contribution in [-0.2, 0) is 0 Å². The molecule has 0 N–H and O–H groups in total. The molecule has 0 saturated heterocycles. The van der Waals surface area contributed by atoms with Gasteiger partial charge in [-0.1, -0.05) is 0 Å². The van der Waals surface area contributed by atoms with Crippen molar-refractivity contribution in [2.75, 3.05) is 14.2 Å². The summed E-state index contributed by atoms with van der Waals surface area (Å²) >= 11 is 6.77. The number of ether oxygens (including phenoxy) is 2. The summed E-state index contributed by atoms with van der Waals surface area (Å²) in [7, 11) is 3.15. The molecule has 0 radical (unpaired) electrons. The molecule has 2 rings (SSSR count). The van der Waals surface area contributed by atoms with Gasteiger partial charge in [0.05, 0.1) is 19.1 Å². The third kappa shape index (κ3) is 1.86. The number of halogens is 1. The lowest BCUT2D eigenvalue weighted by Gasteiger charge is -2.06. The van der Waals surface area contributed by atoms with Gasteiger partial charge in [-0.15, -0.1) is 11.3 Å². The highest BCUT2D eigenvalue weighted by atomic mass is 35.5. The average molecular weight is 257 g/mol. The quantitative estimate of drug-likeness (QED) is 0.791. The Morgan fingerprint density at radius 2 is 1.81 bits per heavy atom. The van der Waals surface area contributed by atoms with E-state index in [-0.39, 0.29) is 0 Å². The lowest BCUT2D eigenvalue weighted by Crippen LogP contribution is -1.89. The molecule has 5 heteroatoms. The molecular weight excluding hydrogens is 248 g/mol. The minimum absolute atomic E-state index is 0.445. The maximum atomic E-state index is 11.0. The smallest absolute Gasteiger partial charge is 0.262 e. The summed E-state index contributed by atoms with van der Waals surface area (Å²) in [5.74, 6) is 1.28. The van der Waals surface area contributed by atoms with Crippen LogP contribution in [0.1, 0.15) is 9.67 Å². The third-order valence-corrected chi connectivity index (χ3v) is 3.63. The Morgan fingerprint density at radius 1 is 1.19 bits per heavy atom. The molecule has 0 amide bonds. The van der Waals surface area contributed by atoms with Gasteiger partial charge in [-0.25, -0.2) is 0 Å². The van der Waals surface area contributed by atoms with Crippen molar-refractivity contribution in [2.45, 2.75) is 0 Å². The number of carbonyl (C=O) groups excluding carboxylic acids is 1. The first-order valence-corrected chi connectivity index (χ1v) is 5.70. The van der Waals surface area contributed by atoms with E-state index in [4.69, 9.17) is 21.1 Å². The van der Waals surface area contributed by atoms with Crippen LogP contribution in [0.4, 0.5) is 0 Å². The number of hydrogen-bond acceptors (Lipinski definition) is 4. The maximum Gasteiger partial charge on any atom is 0.262 e. The first-order chi connectivity index (χ1) is 7.65. The summed E-state index contributed by atoms with van der Waals surface area (Å²) in [6.45, 7) is 0. The highest BCUT2D eigenvalue weighted by Gasteiger charge is 2.11. The zero-order chi connectivity index (χ0) is 11.7. The van der Waals surface area contributed by atoms with Crippen LogP contribution in [0.25, 0.3) is 10.1 Å². The lowest BCUT2D eigenvalue weighted by atomic mass is 10.2. The van der Waals surface area contributed by atoms with Gasteiger partial charge in [0.1, 0.15) is 0 Å². The van der Waals surface area contributed by atoms with Crippen molar-refractivity contribution < 1.29 is 14.3 Å². The highest BCUT2D eigenvalue weighted by Crippen LogP contribution is 2.36. The van der Waals surface area contributed by atoms with E-state index in [1.807, 2.05) is 12.1 Å². The van der Waals surface area contributed by atoms with Crippen LogP contribution >= 0.6 is 22.9 Å². The van der Waals surface area contributed by atoms with Gasteiger partial charge in [0.25, 0.3) is 5.24 Å². The third-order valence-electron chi connectivity index (χ3n) is 2.22. The van der Waals surface area contributed by atoms with Crippen LogP contribution in [0.2, 0.25) is 0 Å². The summed E-state index contributed by atoms with van der Waals surface area (Å²) in [5.41, 5.74) is 0. The second-order valence-corrected chi connectivity index (χ2v) is 4.56. The molecule has 0 saturated carbocycles. The second kappa shape index (κ2) is 4.31. The van der Waals surface area contributed by atoms with Gasteiger partial charge in [0, 0.05) is 10.8 Å².